The topological polar surface area (TPSA) is 60.9 Å². The van der Waals surface area contributed by atoms with E-state index in [0.717, 1.165) is 36.6 Å². The molecule has 0 radical (unpaired) electrons. The Bertz CT molecular complexity index is 780. The molecule has 2 aliphatic rings. The Balaban J connectivity index is 1.33. The van der Waals surface area contributed by atoms with Crippen molar-refractivity contribution >= 4 is 17.2 Å². The van der Waals surface area contributed by atoms with Crippen molar-refractivity contribution in [2.24, 2.45) is 5.92 Å². The molecule has 2 fully saturated rings. The van der Waals surface area contributed by atoms with E-state index in [1.165, 1.54) is 0 Å². The Labute approximate surface area is 163 Å². The number of hydrogen-bond donors (Lipinski definition) is 0. The molecule has 0 unspecified atom stereocenters. The zero-order chi connectivity index (χ0) is 18.6. The van der Waals surface area contributed by atoms with Gasteiger partial charge in [-0.2, -0.15) is 0 Å². The Morgan fingerprint density at radius 1 is 1.30 bits per heavy atom. The summed E-state index contributed by atoms with van der Waals surface area (Å²) in [6.07, 6.45) is 1.74. The summed E-state index contributed by atoms with van der Waals surface area (Å²) in [5.41, 5.74) is 1.57. The van der Waals surface area contributed by atoms with Crippen LogP contribution >= 0.6 is 11.3 Å². The van der Waals surface area contributed by atoms with Crippen molar-refractivity contribution < 1.29 is 19.0 Å². The number of nitrogens with zero attached hydrogens (tertiary/aromatic N) is 2. The maximum Gasteiger partial charge on any atom is 0.253 e. The van der Waals surface area contributed by atoms with Gasteiger partial charge in [0, 0.05) is 30.0 Å². The first-order valence-electron chi connectivity index (χ1n) is 9.35. The summed E-state index contributed by atoms with van der Waals surface area (Å²) in [5.74, 6) is 1.12. The molecule has 0 aliphatic carbocycles. The average molecular weight is 388 g/mol. The van der Waals surface area contributed by atoms with Crippen LogP contribution in [0.4, 0.5) is 0 Å². The normalized spacial score (nSPS) is 18.8. The lowest BCUT2D eigenvalue weighted by molar-refractivity contribution is -0.0956. The Kier molecular flexibility index (Phi) is 5.71. The Hall–Kier alpha value is -1.96. The summed E-state index contributed by atoms with van der Waals surface area (Å²) in [4.78, 5) is 19.2. The van der Waals surface area contributed by atoms with Gasteiger partial charge < -0.3 is 19.1 Å². The van der Waals surface area contributed by atoms with Gasteiger partial charge in [0.15, 0.2) is 6.29 Å². The van der Waals surface area contributed by atoms with Crippen molar-refractivity contribution in [3.63, 3.8) is 0 Å². The van der Waals surface area contributed by atoms with Crippen molar-refractivity contribution in [1.29, 1.82) is 0 Å². The van der Waals surface area contributed by atoms with Crippen molar-refractivity contribution in [2.45, 2.75) is 32.7 Å². The molecule has 1 amide bonds. The molecule has 6 nitrogen and oxygen atoms in total. The number of amides is 1. The molecule has 2 saturated heterocycles. The smallest absolute Gasteiger partial charge is 0.253 e. The van der Waals surface area contributed by atoms with E-state index in [1.807, 2.05) is 41.5 Å². The first-order valence-corrected chi connectivity index (χ1v) is 10.2. The molecule has 3 heterocycles. The van der Waals surface area contributed by atoms with Gasteiger partial charge in [-0.3, -0.25) is 4.79 Å². The minimum Gasteiger partial charge on any atom is -0.487 e. The highest BCUT2D eigenvalue weighted by Crippen LogP contribution is 2.27. The van der Waals surface area contributed by atoms with Crippen molar-refractivity contribution in [3.05, 3.63) is 45.9 Å². The van der Waals surface area contributed by atoms with E-state index in [9.17, 15) is 4.79 Å². The molecule has 27 heavy (non-hydrogen) atoms. The lowest BCUT2D eigenvalue weighted by atomic mass is 9.95. The number of piperidine rings is 1. The Morgan fingerprint density at radius 3 is 2.78 bits per heavy atom. The number of likely N-dealkylation sites (tertiary alicyclic amines) is 1. The van der Waals surface area contributed by atoms with E-state index < -0.39 is 0 Å². The first kappa shape index (κ1) is 18.4. The monoisotopic (exact) mass is 388 g/mol. The predicted octanol–water partition coefficient (Wildman–Crippen LogP) is 3.26. The summed E-state index contributed by atoms with van der Waals surface area (Å²) >= 11 is 1.61. The van der Waals surface area contributed by atoms with Gasteiger partial charge in [0.2, 0.25) is 0 Å². The van der Waals surface area contributed by atoms with Gasteiger partial charge in [0.05, 0.1) is 23.9 Å². The van der Waals surface area contributed by atoms with E-state index in [1.54, 1.807) is 11.3 Å². The van der Waals surface area contributed by atoms with Gasteiger partial charge in [-0.1, -0.05) is 6.07 Å². The van der Waals surface area contributed by atoms with Crippen LogP contribution in [0, 0.1) is 12.8 Å². The minimum absolute atomic E-state index is 0.0525. The summed E-state index contributed by atoms with van der Waals surface area (Å²) in [6, 6.07) is 7.40. The maximum atomic E-state index is 12.9. The average Bonchev–Trinajstić information content (AvgIpc) is 3.38. The van der Waals surface area contributed by atoms with Gasteiger partial charge in [-0.25, -0.2) is 4.98 Å². The van der Waals surface area contributed by atoms with Crippen LogP contribution in [0.2, 0.25) is 0 Å². The quantitative estimate of drug-likeness (QED) is 0.787. The van der Waals surface area contributed by atoms with E-state index >= 15 is 0 Å². The minimum atomic E-state index is -0.0895. The fraction of sp³-hybridized carbons (Fsp3) is 0.500. The molecule has 0 atom stereocenters. The number of aromatic nitrogens is 1. The zero-order valence-corrected chi connectivity index (χ0v) is 16.2. The summed E-state index contributed by atoms with van der Waals surface area (Å²) in [7, 11) is 0. The highest BCUT2D eigenvalue weighted by atomic mass is 32.1. The van der Waals surface area contributed by atoms with Gasteiger partial charge in [0.25, 0.3) is 5.91 Å². The number of benzene rings is 1. The molecular weight excluding hydrogens is 364 g/mol. The molecule has 0 N–H and O–H groups in total. The SMILES string of the molecule is Cc1nc(COc2cccc(C(=O)N3CCC(C4OCCO4)CC3)c2)cs1. The third-order valence-corrected chi connectivity index (χ3v) is 5.82. The fourth-order valence-corrected chi connectivity index (χ4v) is 4.15. The third-order valence-electron chi connectivity index (χ3n) is 4.99. The van der Waals surface area contributed by atoms with Crippen molar-refractivity contribution in [1.82, 2.24) is 9.88 Å². The predicted molar refractivity (Wildman–Crippen MR) is 102 cm³/mol. The van der Waals surface area contributed by atoms with Crippen LogP contribution in [0.15, 0.2) is 29.6 Å². The second kappa shape index (κ2) is 8.37. The lowest BCUT2D eigenvalue weighted by Gasteiger charge is -2.33. The summed E-state index contributed by atoms with van der Waals surface area (Å²) in [5, 5.41) is 3.01. The molecule has 4 rings (SSSR count). The van der Waals surface area contributed by atoms with E-state index in [4.69, 9.17) is 14.2 Å². The number of aryl methyl sites for hydroxylation is 1. The molecule has 1 aromatic heterocycles. The number of rotatable bonds is 5. The third kappa shape index (κ3) is 4.48. The Morgan fingerprint density at radius 2 is 2.07 bits per heavy atom. The second-order valence-electron chi connectivity index (χ2n) is 6.91. The van der Waals surface area contributed by atoms with Crippen LogP contribution in [0.25, 0.3) is 0 Å². The highest BCUT2D eigenvalue weighted by Gasteiger charge is 2.32. The van der Waals surface area contributed by atoms with E-state index in [2.05, 4.69) is 4.98 Å². The lowest BCUT2D eigenvalue weighted by Crippen LogP contribution is -2.41. The number of carbonyl (C=O) groups excluding carboxylic acids is 1. The molecular formula is C20H24N2O4S. The summed E-state index contributed by atoms with van der Waals surface area (Å²) in [6.45, 7) is 5.20. The molecule has 144 valence electrons. The second-order valence-corrected chi connectivity index (χ2v) is 7.98. The fourth-order valence-electron chi connectivity index (χ4n) is 3.56. The van der Waals surface area contributed by atoms with Gasteiger partial charge in [-0.15, -0.1) is 11.3 Å². The van der Waals surface area contributed by atoms with Crippen LogP contribution in [-0.2, 0) is 16.1 Å². The largest absolute Gasteiger partial charge is 0.487 e. The van der Waals surface area contributed by atoms with Crippen molar-refractivity contribution in [3.8, 4) is 5.75 Å². The number of hydrogen-bond acceptors (Lipinski definition) is 6. The zero-order valence-electron chi connectivity index (χ0n) is 15.4. The molecule has 0 saturated carbocycles. The van der Waals surface area contributed by atoms with Crippen LogP contribution < -0.4 is 4.74 Å². The van der Waals surface area contributed by atoms with Gasteiger partial charge in [0.1, 0.15) is 12.4 Å². The molecule has 7 heteroatoms. The standard InChI is InChI=1S/C20H24N2O4S/c1-14-21-17(13-27-14)12-26-18-4-2-3-16(11-18)19(23)22-7-5-15(6-8-22)20-24-9-10-25-20/h2-4,11,13,15,20H,5-10,12H2,1H3. The molecule has 1 aromatic carbocycles. The van der Waals surface area contributed by atoms with Crippen LogP contribution in [0.3, 0.4) is 0 Å². The van der Waals surface area contributed by atoms with E-state index in [-0.39, 0.29) is 12.2 Å². The number of carbonyl (C=O) groups is 1. The van der Waals surface area contributed by atoms with Crippen molar-refractivity contribution in [2.75, 3.05) is 26.3 Å². The number of thiazole rings is 1. The van der Waals surface area contributed by atoms with Crippen LogP contribution in [0.1, 0.15) is 33.9 Å². The first-order chi connectivity index (χ1) is 13.2. The highest BCUT2D eigenvalue weighted by molar-refractivity contribution is 7.09. The van der Waals surface area contributed by atoms with Gasteiger partial charge >= 0.3 is 0 Å². The molecule has 0 spiro atoms. The van der Waals surface area contributed by atoms with Crippen LogP contribution in [0.5, 0.6) is 5.75 Å². The molecule has 0 bridgehead atoms. The molecule has 2 aliphatic heterocycles. The summed E-state index contributed by atoms with van der Waals surface area (Å²) < 4.78 is 17.0. The van der Waals surface area contributed by atoms with Gasteiger partial charge in [-0.05, 0) is 38.0 Å². The maximum absolute atomic E-state index is 12.9. The molecule has 2 aromatic rings. The number of ether oxygens (including phenoxy) is 3. The van der Waals surface area contributed by atoms with E-state index in [0.29, 0.717) is 37.1 Å². The van der Waals surface area contributed by atoms with Crippen LogP contribution in [-0.4, -0.2) is 48.4 Å².